The number of aromatic nitrogens is 1. The minimum atomic E-state index is -0.495. The van der Waals surface area contributed by atoms with E-state index in [4.69, 9.17) is 14.2 Å². The Labute approximate surface area is 156 Å². The highest BCUT2D eigenvalue weighted by Gasteiger charge is 2.26. The van der Waals surface area contributed by atoms with E-state index in [1.165, 1.54) is 21.3 Å². The SMILES string of the molecule is COc1cc(CNc2[nH+]c(C)c([N+](=O)[O-])c(C)c2C#N)cc(OC)c1OC. The third-order valence-electron chi connectivity index (χ3n) is 4.14. The van der Waals surface area contributed by atoms with Crippen molar-refractivity contribution in [1.29, 1.82) is 5.26 Å². The molecule has 0 aliphatic heterocycles. The molecule has 0 aliphatic carbocycles. The summed E-state index contributed by atoms with van der Waals surface area (Å²) in [6.45, 7) is 3.48. The standard InChI is InChI=1S/C18H20N4O5/c1-10-13(8-19)18(21-11(2)16(10)22(23)24)20-9-12-6-14(25-3)17(27-5)15(7-12)26-4/h6-7H,9H2,1-5H3,(H,20,21)/p+1. The van der Waals surface area contributed by atoms with E-state index >= 15 is 0 Å². The van der Waals surface area contributed by atoms with Crippen LogP contribution < -0.4 is 24.5 Å². The molecule has 0 aliphatic rings. The van der Waals surface area contributed by atoms with Crippen molar-refractivity contribution in [3.05, 3.63) is 44.6 Å². The molecule has 0 saturated heterocycles. The van der Waals surface area contributed by atoms with E-state index in [1.807, 2.05) is 6.07 Å². The first kappa shape index (κ1) is 19.8. The molecule has 0 bridgehead atoms. The van der Waals surface area contributed by atoms with Gasteiger partial charge in [0.15, 0.2) is 22.8 Å². The van der Waals surface area contributed by atoms with Crippen LogP contribution in [0, 0.1) is 35.3 Å². The Hall–Kier alpha value is -3.54. The number of rotatable bonds is 7. The molecule has 0 radical (unpaired) electrons. The zero-order valence-electron chi connectivity index (χ0n) is 15.8. The average Bonchev–Trinajstić information content (AvgIpc) is 2.64. The Kier molecular flexibility index (Phi) is 6.03. The Morgan fingerprint density at radius 2 is 1.78 bits per heavy atom. The van der Waals surface area contributed by atoms with Crippen molar-refractivity contribution >= 4 is 11.5 Å². The van der Waals surface area contributed by atoms with Crippen molar-refractivity contribution in [1.82, 2.24) is 0 Å². The number of ether oxygens (including phenoxy) is 3. The molecule has 1 aromatic heterocycles. The number of benzene rings is 1. The summed E-state index contributed by atoms with van der Waals surface area (Å²) in [4.78, 5) is 13.6. The normalized spacial score (nSPS) is 10.1. The lowest BCUT2D eigenvalue weighted by atomic mass is 10.1. The van der Waals surface area contributed by atoms with Crippen LogP contribution in [0.15, 0.2) is 12.1 Å². The molecule has 0 atom stereocenters. The number of nitro groups is 1. The molecule has 27 heavy (non-hydrogen) atoms. The minimum absolute atomic E-state index is 0.0927. The fourth-order valence-electron chi connectivity index (χ4n) is 2.87. The van der Waals surface area contributed by atoms with Crippen molar-refractivity contribution in [3.63, 3.8) is 0 Å². The smallest absolute Gasteiger partial charge is 0.315 e. The van der Waals surface area contributed by atoms with E-state index in [0.717, 1.165) is 5.56 Å². The van der Waals surface area contributed by atoms with Crippen LogP contribution in [0.25, 0.3) is 0 Å². The van der Waals surface area contributed by atoms with E-state index in [9.17, 15) is 15.4 Å². The van der Waals surface area contributed by atoms with Gasteiger partial charge in [0, 0.05) is 12.5 Å². The van der Waals surface area contributed by atoms with Crippen LogP contribution >= 0.6 is 0 Å². The molecule has 0 fully saturated rings. The molecule has 142 valence electrons. The van der Waals surface area contributed by atoms with Crippen LogP contribution in [0.2, 0.25) is 0 Å². The summed E-state index contributed by atoms with van der Waals surface area (Å²) in [6.07, 6.45) is 0. The molecule has 2 N–H and O–H groups in total. The first-order valence-electron chi connectivity index (χ1n) is 8.01. The second-order valence-electron chi connectivity index (χ2n) is 5.73. The maximum absolute atomic E-state index is 11.2. The van der Waals surface area contributed by atoms with E-state index < -0.39 is 4.92 Å². The van der Waals surface area contributed by atoms with Crippen LogP contribution in [-0.4, -0.2) is 26.3 Å². The maximum Gasteiger partial charge on any atom is 0.315 e. The molecular formula is C18H21N4O5+. The number of aryl methyl sites for hydroxylation is 1. The molecule has 1 aromatic carbocycles. The van der Waals surface area contributed by atoms with E-state index in [-0.39, 0.29) is 11.3 Å². The van der Waals surface area contributed by atoms with Crippen LogP contribution in [0.1, 0.15) is 22.4 Å². The Balaban J connectivity index is 2.40. The highest BCUT2D eigenvalue weighted by atomic mass is 16.6. The molecule has 9 heteroatoms. The number of methoxy groups -OCH3 is 3. The summed E-state index contributed by atoms with van der Waals surface area (Å²) in [5.74, 6) is 1.91. The second-order valence-corrected chi connectivity index (χ2v) is 5.73. The van der Waals surface area contributed by atoms with E-state index in [2.05, 4.69) is 10.3 Å². The lowest BCUT2D eigenvalue weighted by Gasteiger charge is -2.13. The number of nitrogens with zero attached hydrogens (tertiary/aromatic N) is 2. The molecule has 1 heterocycles. The topological polar surface area (TPSA) is 121 Å². The quantitative estimate of drug-likeness (QED) is 0.585. The zero-order chi connectivity index (χ0) is 20.1. The van der Waals surface area contributed by atoms with Crippen molar-refractivity contribution in [2.75, 3.05) is 26.6 Å². The van der Waals surface area contributed by atoms with Crippen molar-refractivity contribution in [3.8, 4) is 23.3 Å². The van der Waals surface area contributed by atoms with Crippen LogP contribution in [0.3, 0.4) is 0 Å². The molecule has 9 nitrogen and oxygen atoms in total. The largest absolute Gasteiger partial charge is 0.493 e. The van der Waals surface area contributed by atoms with Gasteiger partial charge in [0.2, 0.25) is 5.75 Å². The maximum atomic E-state index is 11.2. The number of nitrogens with one attached hydrogen (secondary N) is 2. The summed E-state index contributed by atoms with van der Waals surface area (Å²) in [7, 11) is 4.58. The van der Waals surface area contributed by atoms with Gasteiger partial charge >= 0.3 is 5.69 Å². The van der Waals surface area contributed by atoms with Gasteiger partial charge in [-0.05, 0) is 19.1 Å². The number of anilines is 1. The first-order chi connectivity index (χ1) is 12.9. The molecule has 0 saturated carbocycles. The van der Waals surface area contributed by atoms with Crippen molar-refractivity contribution < 1.29 is 24.1 Å². The third kappa shape index (κ3) is 3.84. The monoisotopic (exact) mass is 373 g/mol. The third-order valence-corrected chi connectivity index (χ3v) is 4.14. The molecule has 0 unspecified atom stereocenters. The highest BCUT2D eigenvalue weighted by molar-refractivity contribution is 5.60. The lowest BCUT2D eigenvalue weighted by Crippen LogP contribution is -2.21. The lowest BCUT2D eigenvalue weighted by molar-refractivity contribution is -0.419. The van der Waals surface area contributed by atoms with Crippen LogP contribution in [-0.2, 0) is 6.54 Å². The highest BCUT2D eigenvalue weighted by Crippen LogP contribution is 2.38. The first-order valence-corrected chi connectivity index (χ1v) is 8.01. The van der Waals surface area contributed by atoms with Gasteiger partial charge in [-0.2, -0.15) is 5.26 Å². The van der Waals surface area contributed by atoms with Gasteiger partial charge in [-0.25, -0.2) is 4.98 Å². The van der Waals surface area contributed by atoms with Gasteiger partial charge in [-0.1, -0.05) is 0 Å². The minimum Gasteiger partial charge on any atom is -0.493 e. The second kappa shape index (κ2) is 8.23. The summed E-state index contributed by atoms with van der Waals surface area (Å²) in [6, 6.07) is 5.58. The molecule has 2 aromatic rings. The number of nitriles is 1. The molecule has 0 amide bonds. The molecule has 2 rings (SSSR count). The fraction of sp³-hybridized carbons (Fsp3) is 0.333. The zero-order valence-corrected chi connectivity index (χ0v) is 15.8. The number of hydrogen-bond donors (Lipinski definition) is 1. The fourth-order valence-corrected chi connectivity index (χ4v) is 2.87. The summed E-state index contributed by atoms with van der Waals surface area (Å²) in [5.41, 5.74) is 1.59. The van der Waals surface area contributed by atoms with Gasteiger partial charge in [0.1, 0.15) is 12.6 Å². The number of hydrogen-bond acceptors (Lipinski definition) is 7. The summed E-state index contributed by atoms with van der Waals surface area (Å²) in [5, 5.41) is 23.8. The Bertz CT molecular complexity index is 896. The average molecular weight is 373 g/mol. The van der Waals surface area contributed by atoms with Crippen LogP contribution in [0.5, 0.6) is 17.2 Å². The number of aromatic amines is 1. The predicted molar refractivity (Wildman–Crippen MR) is 97.3 cm³/mol. The number of H-pyrrole nitrogens is 1. The van der Waals surface area contributed by atoms with Gasteiger partial charge in [-0.3, -0.25) is 15.4 Å². The molecule has 0 spiro atoms. The molecular weight excluding hydrogens is 352 g/mol. The predicted octanol–water partition coefficient (Wildman–Crippen LogP) is 2.54. The summed E-state index contributed by atoms with van der Waals surface area (Å²) >= 11 is 0. The Morgan fingerprint density at radius 1 is 1.19 bits per heavy atom. The van der Waals surface area contributed by atoms with Gasteiger partial charge in [-0.15, -0.1) is 0 Å². The summed E-state index contributed by atoms with van der Waals surface area (Å²) < 4.78 is 16.0. The van der Waals surface area contributed by atoms with Gasteiger partial charge in [0.25, 0.3) is 5.82 Å². The van der Waals surface area contributed by atoms with Gasteiger partial charge < -0.3 is 14.2 Å². The van der Waals surface area contributed by atoms with Crippen molar-refractivity contribution in [2.45, 2.75) is 20.4 Å². The van der Waals surface area contributed by atoms with Crippen molar-refractivity contribution in [2.24, 2.45) is 0 Å². The van der Waals surface area contributed by atoms with Crippen LogP contribution in [0.4, 0.5) is 11.5 Å². The van der Waals surface area contributed by atoms with E-state index in [1.54, 1.807) is 26.0 Å². The van der Waals surface area contributed by atoms with E-state index in [0.29, 0.717) is 40.9 Å². The van der Waals surface area contributed by atoms with Gasteiger partial charge in [0.05, 0.1) is 31.8 Å². The Morgan fingerprint density at radius 3 is 2.22 bits per heavy atom. The number of pyridine rings is 1.